The zero-order chi connectivity index (χ0) is 13.9. The van der Waals surface area contributed by atoms with Gasteiger partial charge in [-0.2, -0.15) is 0 Å². The van der Waals surface area contributed by atoms with Gasteiger partial charge in [0.05, 0.1) is 13.2 Å². The highest BCUT2D eigenvalue weighted by Crippen LogP contribution is 2.26. The molecule has 108 valence electrons. The molecule has 0 aliphatic carbocycles. The minimum absolute atomic E-state index is 0.0465. The maximum absolute atomic E-state index is 11.5. The first kappa shape index (κ1) is 14.7. The average Bonchev–Trinajstić information content (AvgIpc) is 2.81. The molecule has 1 aliphatic rings. The van der Waals surface area contributed by atoms with Crippen LogP contribution in [0.5, 0.6) is 0 Å². The molecule has 19 heavy (non-hydrogen) atoms. The van der Waals surface area contributed by atoms with Crippen molar-refractivity contribution < 1.29 is 17.9 Å². The molecule has 1 aliphatic heterocycles. The SMILES string of the molecule is COCCn1c(C2CCCOC2)nnc1S(=O)(=O)Cl. The van der Waals surface area contributed by atoms with Crippen LogP contribution in [0.4, 0.5) is 0 Å². The van der Waals surface area contributed by atoms with Crippen molar-refractivity contribution in [3.63, 3.8) is 0 Å². The molecule has 1 unspecified atom stereocenters. The summed E-state index contributed by atoms with van der Waals surface area (Å²) in [6, 6.07) is 0. The van der Waals surface area contributed by atoms with Gasteiger partial charge in [0.2, 0.25) is 0 Å². The van der Waals surface area contributed by atoms with Gasteiger partial charge in [-0.25, -0.2) is 8.42 Å². The molecular formula is C10H16ClN3O4S. The first-order valence-corrected chi connectivity index (χ1v) is 8.29. The molecule has 0 aromatic carbocycles. The van der Waals surface area contributed by atoms with Crippen LogP contribution in [-0.4, -0.2) is 50.1 Å². The second-order valence-corrected chi connectivity index (χ2v) is 6.80. The van der Waals surface area contributed by atoms with Crippen LogP contribution in [0.2, 0.25) is 0 Å². The Morgan fingerprint density at radius 2 is 2.32 bits per heavy atom. The lowest BCUT2D eigenvalue weighted by molar-refractivity contribution is 0.0760. The van der Waals surface area contributed by atoms with E-state index >= 15 is 0 Å². The van der Waals surface area contributed by atoms with Gasteiger partial charge in [-0.05, 0) is 12.8 Å². The van der Waals surface area contributed by atoms with Crippen LogP contribution >= 0.6 is 10.7 Å². The molecule has 2 heterocycles. The number of rotatable bonds is 5. The van der Waals surface area contributed by atoms with Crippen molar-refractivity contribution in [2.75, 3.05) is 26.9 Å². The maximum atomic E-state index is 11.5. The third kappa shape index (κ3) is 3.44. The fourth-order valence-electron chi connectivity index (χ4n) is 2.12. The standard InChI is InChI=1S/C10H16ClN3O4S/c1-17-6-4-14-9(8-3-2-5-18-7-8)12-13-10(14)19(11,15)16/h8H,2-7H2,1H3. The molecule has 2 rings (SSSR count). The first-order valence-electron chi connectivity index (χ1n) is 5.98. The minimum atomic E-state index is -3.92. The Kier molecular flexibility index (Phi) is 4.77. The number of hydrogen-bond acceptors (Lipinski definition) is 6. The Bertz CT molecular complexity index is 525. The highest BCUT2D eigenvalue weighted by atomic mass is 35.7. The average molecular weight is 310 g/mol. The normalized spacial score (nSPS) is 20.6. The number of nitrogens with zero attached hydrogens (tertiary/aromatic N) is 3. The van der Waals surface area contributed by atoms with E-state index in [0.717, 1.165) is 19.4 Å². The largest absolute Gasteiger partial charge is 0.383 e. The zero-order valence-electron chi connectivity index (χ0n) is 10.6. The molecule has 0 radical (unpaired) electrons. The Morgan fingerprint density at radius 3 is 2.89 bits per heavy atom. The van der Waals surface area contributed by atoms with E-state index in [1.165, 1.54) is 4.57 Å². The summed E-state index contributed by atoms with van der Waals surface area (Å²) in [5.74, 6) is 0.640. The molecular weight excluding hydrogens is 294 g/mol. The summed E-state index contributed by atoms with van der Waals surface area (Å²) in [4.78, 5) is 0. The van der Waals surface area contributed by atoms with Crippen molar-refractivity contribution in [3.8, 4) is 0 Å². The molecule has 0 bridgehead atoms. The van der Waals surface area contributed by atoms with E-state index in [1.807, 2.05) is 0 Å². The molecule has 1 fully saturated rings. The van der Waals surface area contributed by atoms with Crippen LogP contribution in [-0.2, 0) is 25.1 Å². The molecule has 1 saturated heterocycles. The summed E-state index contributed by atoms with van der Waals surface area (Å²) in [6.07, 6.45) is 1.82. The van der Waals surface area contributed by atoms with Crippen LogP contribution in [0.1, 0.15) is 24.6 Å². The maximum Gasteiger partial charge on any atom is 0.296 e. The van der Waals surface area contributed by atoms with Gasteiger partial charge in [0.15, 0.2) is 0 Å². The van der Waals surface area contributed by atoms with Crippen LogP contribution in [0, 0.1) is 0 Å². The Balaban J connectivity index is 2.34. The van der Waals surface area contributed by atoms with Crippen molar-refractivity contribution in [1.29, 1.82) is 0 Å². The summed E-state index contributed by atoms with van der Waals surface area (Å²) < 4.78 is 34.8. The second kappa shape index (κ2) is 6.17. The van der Waals surface area contributed by atoms with Gasteiger partial charge >= 0.3 is 0 Å². The Labute approximate surface area is 116 Å². The van der Waals surface area contributed by atoms with Crippen LogP contribution < -0.4 is 0 Å². The van der Waals surface area contributed by atoms with E-state index in [9.17, 15) is 8.42 Å². The first-order chi connectivity index (χ1) is 9.04. The Hall–Kier alpha value is -0.700. The molecule has 0 spiro atoms. The van der Waals surface area contributed by atoms with Gasteiger partial charge < -0.3 is 9.47 Å². The number of methoxy groups -OCH3 is 1. The molecule has 1 aromatic rings. The van der Waals surface area contributed by atoms with Gasteiger partial charge in [-0.1, -0.05) is 0 Å². The molecule has 0 N–H and O–H groups in total. The van der Waals surface area contributed by atoms with Crippen molar-refractivity contribution in [2.45, 2.75) is 30.5 Å². The lowest BCUT2D eigenvalue weighted by Gasteiger charge is -2.22. The van der Waals surface area contributed by atoms with Crippen molar-refractivity contribution in [2.24, 2.45) is 0 Å². The van der Waals surface area contributed by atoms with Crippen LogP contribution in [0.25, 0.3) is 0 Å². The molecule has 0 amide bonds. The summed E-state index contributed by atoms with van der Waals surface area (Å²) in [7, 11) is 3.00. The summed E-state index contributed by atoms with van der Waals surface area (Å²) in [5, 5.41) is 7.44. The van der Waals surface area contributed by atoms with Gasteiger partial charge in [0, 0.05) is 36.9 Å². The van der Waals surface area contributed by atoms with E-state index in [1.54, 1.807) is 7.11 Å². The van der Waals surface area contributed by atoms with E-state index in [0.29, 0.717) is 25.6 Å². The smallest absolute Gasteiger partial charge is 0.296 e. The molecule has 9 heteroatoms. The van der Waals surface area contributed by atoms with Gasteiger partial charge in [0.25, 0.3) is 14.2 Å². The number of hydrogen-bond donors (Lipinski definition) is 0. The van der Waals surface area contributed by atoms with Crippen molar-refractivity contribution in [3.05, 3.63) is 5.82 Å². The van der Waals surface area contributed by atoms with Crippen LogP contribution in [0.3, 0.4) is 0 Å². The number of aromatic nitrogens is 3. The molecule has 0 saturated carbocycles. The van der Waals surface area contributed by atoms with Crippen molar-refractivity contribution in [1.82, 2.24) is 14.8 Å². The second-order valence-electron chi connectivity index (χ2n) is 4.34. The third-order valence-corrected chi connectivity index (χ3v) is 4.16. The third-order valence-electron chi connectivity index (χ3n) is 3.01. The fourth-order valence-corrected chi connectivity index (χ4v) is 3.05. The molecule has 7 nitrogen and oxygen atoms in total. The quantitative estimate of drug-likeness (QED) is 0.746. The lowest BCUT2D eigenvalue weighted by atomic mass is 10.0. The van der Waals surface area contributed by atoms with E-state index in [4.69, 9.17) is 20.2 Å². The number of halogens is 1. The predicted molar refractivity (Wildman–Crippen MR) is 67.7 cm³/mol. The highest BCUT2D eigenvalue weighted by molar-refractivity contribution is 8.13. The van der Waals surface area contributed by atoms with E-state index in [2.05, 4.69) is 10.2 Å². The monoisotopic (exact) mass is 309 g/mol. The predicted octanol–water partition coefficient (Wildman–Crippen LogP) is 0.746. The highest BCUT2D eigenvalue weighted by Gasteiger charge is 2.28. The topological polar surface area (TPSA) is 83.3 Å². The molecule has 1 aromatic heterocycles. The van der Waals surface area contributed by atoms with Gasteiger partial charge in [-0.3, -0.25) is 4.57 Å². The number of ether oxygens (including phenoxy) is 2. The lowest BCUT2D eigenvalue weighted by Crippen LogP contribution is -2.21. The van der Waals surface area contributed by atoms with Gasteiger partial charge in [0.1, 0.15) is 5.82 Å². The summed E-state index contributed by atoms with van der Waals surface area (Å²) in [6.45, 7) is 1.95. The summed E-state index contributed by atoms with van der Waals surface area (Å²) in [5.41, 5.74) is 0. The Morgan fingerprint density at radius 1 is 1.53 bits per heavy atom. The van der Waals surface area contributed by atoms with E-state index in [-0.39, 0.29) is 11.1 Å². The minimum Gasteiger partial charge on any atom is -0.383 e. The van der Waals surface area contributed by atoms with E-state index < -0.39 is 9.05 Å². The summed E-state index contributed by atoms with van der Waals surface area (Å²) >= 11 is 0. The van der Waals surface area contributed by atoms with Crippen molar-refractivity contribution >= 4 is 19.7 Å². The molecule has 1 atom stereocenters. The van der Waals surface area contributed by atoms with Gasteiger partial charge in [-0.15, -0.1) is 10.2 Å². The fraction of sp³-hybridized carbons (Fsp3) is 0.800. The zero-order valence-corrected chi connectivity index (χ0v) is 12.2. The van der Waals surface area contributed by atoms with Crippen LogP contribution in [0.15, 0.2) is 5.16 Å².